The first kappa shape index (κ1) is 23.4. The largest absolute Gasteiger partial charge is 0.342 e. The molecule has 3 atom stereocenters. The zero-order valence-corrected chi connectivity index (χ0v) is 19.0. The van der Waals surface area contributed by atoms with Gasteiger partial charge in [0.25, 0.3) is 0 Å². The van der Waals surface area contributed by atoms with Crippen molar-refractivity contribution in [2.45, 2.75) is 52.0 Å². The number of nitrogens with two attached hydrogens (primary N) is 1. The van der Waals surface area contributed by atoms with E-state index in [4.69, 9.17) is 10.7 Å². The molecule has 1 amide bonds. The van der Waals surface area contributed by atoms with E-state index in [1.165, 1.54) is 11.1 Å². The summed E-state index contributed by atoms with van der Waals surface area (Å²) in [6.07, 6.45) is 4.76. The Morgan fingerprint density at radius 1 is 1.21 bits per heavy atom. The molecule has 2 fully saturated rings. The quantitative estimate of drug-likeness (QED) is 0.728. The summed E-state index contributed by atoms with van der Waals surface area (Å²) in [5, 5.41) is 1.08. The minimum Gasteiger partial charge on any atom is -0.342 e. The summed E-state index contributed by atoms with van der Waals surface area (Å²) in [5.41, 5.74) is 6.98. The Labute approximate surface area is 184 Å². The molecule has 2 heterocycles. The van der Waals surface area contributed by atoms with E-state index >= 15 is 0 Å². The summed E-state index contributed by atoms with van der Waals surface area (Å²) in [4.78, 5) is 20.5. The molecule has 1 aromatic carbocycles. The SMILES string of the molecule is CCC(CC)(Cc1nc2ccccc2s1)C(=O)N1CC2CCC(N)C2C1.Cl.Cl. The van der Waals surface area contributed by atoms with Crippen LogP contribution in [0, 0.1) is 17.3 Å². The molecule has 1 saturated heterocycles. The Balaban J connectivity index is 0.00000140. The number of aromatic nitrogens is 1. The lowest BCUT2D eigenvalue weighted by molar-refractivity contribution is -0.142. The van der Waals surface area contributed by atoms with Crippen molar-refractivity contribution in [3.63, 3.8) is 0 Å². The molecule has 0 bridgehead atoms. The Morgan fingerprint density at radius 2 is 1.93 bits per heavy atom. The van der Waals surface area contributed by atoms with Crippen LogP contribution >= 0.6 is 36.2 Å². The van der Waals surface area contributed by atoms with Crippen molar-refractivity contribution in [2.24, 2.45) is 23.0 Å². The van der Waals surface area contributed by atoms with Crippen LogP contribution in [0.3, 0.4) is 0 Å². The van der Waals surface area contributed by atoms with Gasteiger partial charge in [0.05, 0.1) is 20.6 Å². The number of hydrogen-bond donors (Lipinski definition) is 1. The van der Waals surface area contributed by atoms with Crippen molar-refractivity contribution >= 4 is 52.3 Å². The second-order valence-corrected chi connectivity index (χ2v) is 9.23. The Kier molecular flexibility index (Phi) is 7.76. The second-order valence-electron chi connectivity index (χ2n) is 8.11. The monoisotopic (exact) mass is 443 g/mol. The van der Waals surface area contributed by atoms with Crippen LogP contribution in [0.4, 0.5) is 0 Å². The number of rotatable bonds is 5. The summed E-state index contributed by atoms with van der Waals surface area (Å²) < 4.78 is 1.21. The molecule has 0 spiro atoms. The van der Waals surface area contributed by atoms with E-state index in [9.17, 15) is 4.79 Å². The molecule has 2 aromatic rings. The second kappa shape index (κ2) is 9.29. The normalized spacial score (nSPS) is 24.0. The van der Waals surface area contributed by atoms with Gasteiger partial charge in [0, 0.05) is 25.6 Å². The van der Waals surface area contributed by atoms with Gasteiger partial charge in [-0.15, -0.1) is 36.2 Å². The summed E-state index contributed by atoms with van der Waals surface area (Å²) >= 11 is 1.73. The summed E-state index contributed by atoms with van der Waals surface area (Å²) in [6, 6.07) is 8.52. The van der Waals surface area contributed by atoms with Crippen LogP contribution in [-0.4, -0.2) is 34.9 Å². The number of likely N-dealkylation sites (tertiary alicyclic amines) is 1. The van der Waals surface area contributed by atoms with Gasteiger partial charge in [-0.2, -0.15) is 0 Å². The van der Waals surface area contributed by atoms with Crippen molar-refractivity contribution < 1.29 is 4.79 Å². The van der Waals surface area contributed by atoms with Gasteiger partial charge in [0.15, 0.2) is 0 Å². The maximum absolute atomic E-state index is 13.5. The van der Waals surface area contributed by atoms with E-state index in [-0.39, 0.29) is 36.3 Å². The molecule has 2 aliphatic rings. The highest BCUT2D eigenvalue weighted by atomic mass is 35.5. The lowest BCUT2D eigenvalue weighted by atomic mass is 9.78. The van der Waals surface area contributed by atoms with E-state index in [0.29, 0.717) is 17.7 Å². The van der Waals surface area contributed by atoms with Crippen LogP contribution in [0.1, 0.15) is 44.5 Å². The topological polar surface area (TPSA) is 59.2 Å². The number of carbonyl (C=O) groups is 1. The standard InChI is InChI=1S/C21H29N3OS.2ClH/c1-3-21(4-2,11-19-23-17-7-5-6-8-18(17)26-19)20(25)24-12-14-9-10-16(22)15(14)13-24;;/h5-8,14-16H,3-4,9-13,22H2,1-2H3;2*1H. The van der Waals surface area contributed by atoms with Gasteiger partial charge in [-0.3, -0.25) is 4.79 Å². The van der Waals surface area contributed by atoms with Gasteiger partial charge in [-0.05, 0) is 49.7 Å². The van der Waals surface area contributed by atoms with Crippen molar-refractivity contribution in [1.29, 1.82) is 0 Å². The molecular weight excluding hydrogens is 413 g/mol. The number of halogens is 2. The zero-order valence-electron chi connectivity index (χ0n) is 16.6. The summed E-state index contributed by atoms with van der Waals surface area (Å²) in [5.74, 6) is 1.44. The van der Waals surface area contributed by atoms with Crippen LogP contribution in [-0.2, 0) is 11.2 Å². The minimum absolute atomic E-state index is 0. The number of hydrogen-bond acceptors (Lipinski definition) is 4. The van der Waals surface area contributed by atoms with Gasteiger partial charge in [-0.1, -0.05) is 26.0 Å². The smallest absolute Gasteiger partial charge is 0.229 e. The van der Waals surface area contributed by atoms with Crippen molar-refractivity contribution in [2.75, 3.05) is 13.1 Å². The molecule has 1 aliphatic heterocycles. The van der Waals surface area contributed by atoms with E-state index in [1.54, 1.807) is 11.3 Å². The molecule has 156 valence electrons. The molecular formula is C21H31Cl2N3OS. The summed E-state index contributed by atoms with van der Waals surface area (Å²) in [6.45, 7) is 6.06. The van der Waals surface area contributed by atoms with E-state index in [2.05, 4.69) is 36.9 Å². The highest BCUT2D eigenvalue weighted by molar-refractivity contribution is 7.18. The lowest BCUT2D eigenvalue weighted by Gasteiger charge is -2.34. The fraction of sp³-hybridized carbons (Fsp3) is 0.619. The summed E-state index contributed by atoms with van der Waals surface area (Å²) in [7, 11) is 0. The number of nitrogens with zero attached hydrogens (tertiary/aromatic N) is 2. The van der Waals surface area contributed by atoms with Crippen molar-refractivity contribution in [3.8, 4) is 0 Å². The Hall–Kier alpha value is -0.880. The van der Waals surface area contributed by atoms with E-state index in [0.717, 1.165) is 49.3 Å². The molecule has 0 radical (unpaired) electrons. The van der Waals surface area contributed by atoms with Crippen LogP contribution in [0.15, 0.2) is 24.3 Å². The van der Waals surface area contributed by atoms with Crippen molar-refractivity contribution in [3.05, 3.63) is 29.3 Å². The predicted molar refractivity (Wildman–Crippen MR) is 122 cm³/mol. The number of amides is 1. The Bertz CT molecular complexity index is 775. The van der Waals surface area contributed by atoms with Gasteiger partial charge < -0.3 is 10.6 Å². The average Bonchev–Trinajstić information content (AvgIpc) is 3.34. The van der Waals surface area contributed by atoms with Gasteiger partial charge in [0.2, 0.25) is 5.91 Å². The minimum atomic E-state index is -0.337. The maximum Gasteiger partial charge on any atom is 0.229 e. The van der Waals surface area contributed by atoms with Crippen LogP contribution in [0.25, 0.3) is 10.2 Å². The average molecular weight is 444 g/mol. The molecule has 4 rings (SSSR count). The molecule has 1 saturated carbocycles. The highest BCUT2D eigenvalue weighted by Gasteiger charge is 2.47. The molecule has 1 aromatic heterocycles. The van der Waals surface area contributed by atoms with Gasteiger partial charge in [0.1, 0.15) is 0 Å². The third kappa shape index (κ3) is 4.04. The number of benzene rings is 1. The van der Waals surface area contributed by atoms with Gasteiger partial charge in [-0.25, -0.2) is 4.98 Å². The molecule has 28 heavy (non-hydrogen) atoms. The molecule has 3 unspecified atom stereocenters. The van der Waals surface area contributed by atoms with E-state index in [1.807, 2.05) is 6.07 Å². The number of para-hydroxylation sites is 1. The zero-order chi connectivity index (χ0) is 18.3. The van der Waals surface area contributed by atoms with Crippen LogP contribution < -0.4 is 5.73 Å². The first-order valence-electron chi connectivity index (χ1n) is 9.95. The first-order chi connectivity index (χ1) is 12.6. The number of fused-ring (bicyclic) bond motifs is 2. The third-order valence-corrected chi connectivity index (χ3v) is 7.87. The molecule has 7 heteroatoms. The first-order valence-corrected chi connectivity index (χ1v) is 10.8. The highest BCUT2D eigenvalue weighted by Crippen LogP contribution is 2.41. The number of carbonyl (C=O) groups excluding carboxylic acids is 1. The van der Waals surface area contributed by atoms with E-state index < -0.39 is 0 Å². The predicted octanol–water partition coefficient (Wildman–Crippen LogP) is 4.68. The lowest BCUT2D eigenvalue weighted by Crippen LogP contribution is -2.44. The van der Waals surface area contributed by atoms with Crippen LogP contribution in [0.5, 0.6) is 0 Å². The van der Waals surface area contributed by atoms with Crippen molar-refractivity contribution in [1.82, 2.24) is 9.88 Å². The van der Waals surface area contributed by atoms with Gasteiger partial charge >= 0.3 is 0 Å². The molecule has 1 aliphatic carbocycles. The maximum atomic E-state index is 13.5. The third-order valence-electron chi connectivity index (χ3n) is 6.83. The molecule has 4 nitrogen and oxygen atoms in total. The fourth-order valence-electron chi connectivity index (χ4n) is 4.97. The molecule has 2 N–H and O–H groups in total. The Morgan fingerprint density at radius 3 is 2.57 bits per heavy atom. The van der Waals surface area contributed by atoms with Crippen LogP contribution in [0.2, 0.25) is 0 Å². The number of thiazole rings is 1. The fourth-order valence-corrected chi connectivity index (χ4v) is 6.08.